The Morgan fingerprint density at radius 2 is 2.00 bits per heavy atom. The van der Waals surface area contributed by atoms with E-state index < -0.39 is 0 Å². The lowest BCUT2D eigenvalue weighted by Gasteiger charge is -2.04. The summed E-state index contributed by atoms with van der Waals surface area (Å²) in [5, 5.41) is 8.63. The molecule has 0 aliphatic heterocycles. The molecule has 0 fully saturated rings. The van der Waals surface area contributed by atoms with E-state index in [1.807, 2.05) is 36.4 Å². The molecule has 0 bridgehead atoms. The molecule has 2 rings (SSSR count). The zero-order chi connectivity index (χ0) is 13.5. The first-order chi connectivity index (χ1) is 9.29. The van der Waals surface area contributed by atoms with Gasteiger partial charge >= 0.3 is 0 Å². The van der Waals surface area contributed by atoms with Crippen molar-refractivity contribution in [2.24, 2.45) is 0 Å². The number of rotatable bonds is 4. The van der Waals surface area contributed by atoms with E-state index in [-0.39, 0.29) is 6.61 Å². The Balaban J connectivity index is 1.86. The van der Waals surface area contributed by atoms with Crippen LogP contribution in [0, 0.1) is 11.8 Å². The molecular weight excluding hydrogens is 324 g/mol. The van der Waals surface area contributed by atoms with Crippen LogP contribution < -0.4 is 0 Å². The van der Waals surface area contributed by atoms with Gasteiger partial charge in [0, 0.05) is 9.35 Å². The van der Waals surface area contributed by atoms with Gasteiger partial charge in [-0.1, -0.05) is 46.0 Å². The van der Waals surface area contributed by atoms with Crippen LogP contribution in [0.3, 0.4) is 0 Å². The van der Waals surface area contributed by atoms with E-state index in [1.165, 1.54) is 0 Å². The van der Waals surface area contributed by atoms with E-state index in [4.69, 9.17) is 9.84 Å². The highest BCUT2D eigenvalue weighted by Crippen LogP contribution is 2.19. The highest BCUT2D eigenvalue weighted by molar-refractivity contribution is 9.10. The minimum absolute atomic E-state index is 0.105. The molecule has 98 valence electrons. The summed E-state index contributed by atoms with van der Waals surface area (Å²) in [6.07, 6.45) is 0. The van der Waals surface area contributed by atoms with Crippen molar-refractivity contribution < 1.29 is 9.84 Å². The lowest BCUT2D eigenvalue weighted by molar-refractivity contribution is 0.109. The second-order valence-electron chi connectivity index (χ2n) is 3.81. The Bertz CT molecular complexity index is 595. The Labute approximate surface area is 125 Å². The van der Waals surface area contributed by atoms with Crippen LogP contribution in [0.25, 0.3) is 0 Å². The summed E-state index contributed by atoms with van der Waals surface area (Å²) in [7, 11) is 0. The number of aliphatic hydroxyl groups excluding tert-OH is 1. The maximum absolute atomic E-state index is 8.63. The van der Waals surface area contributed by atoms with Gasteiger partial charge < -0.3 is 9.84 Å². The molecule has 19 heavy (non-hydrogen) atoms. The molecule has 0 radical (unpaired) electrons. The fourth-order valence-corrected chi connectivity index (χ4v) is 2.75. The van der Waals surface area contributed by atoms with Crippen LogP contribution in [0.2, 0.25) is 0 Å². The first kappa shape index (κ1) is 14.3. The van der Waals surface area contributed by atoms with Crippen LogP contribution >= 0.6 is 27.3 Å². The standard InChI is InChI=1S/C15H13BrO2S/c16-15-6-2-1-4-12(15)10-18-11-14-8-7-13(19-14)5-3-9-17/h1-2,4,6-8,17H,9-11H2. The van der Waals surface area contributed by atoms with Crippen molar-refractivity contribution in [3.8, 4) is 11.8 Å². The van der Waals surface area contributed by atoms with Crippen LogP contribution in [0.4, 0.5) is 0 Å². The van der Waals surface area contributed by atoms with Gasteiger partial charge in [0.2, 0.25) is 0 Å². The zero-order valence-corrected chi connectivity index (χ0v) is 12.6. The number of aliphatic hydroxyl groups is 1. The van der Waals surface area contributed by atoms with Gasteiger partial charge in [0.1, 0.15) is 6.61 Å². The van der Waals surface area contributed by atoms with Crippen molar-refractivity contribution in [1.82, 2.24) is 0 Å². The van der Waals surface area contributed by atoms with E-state index in [0.717, 1.165) is 19.8 Å². The van der Waals surface area contributed by atoms with Crippen LogP contribution in [0.15, 0.2) is 40.9 Å². The van der Waals surface area contributed by atoms with Crippen LogP contribution in [-0.2, 0) is 18.0 Å². The van der Waals surface area contributed by atoms with Crippen molar-refractivity contribution in [3.63, 3.8) is 0 Å². The quantitative estimate of drug-likeness (QED) is 0.865. The van der Waals surface area contributed by atoms with Crippen LogP contribution in [-0.4, -0.2) is 11.7 Å². The number of thiophene rings is 1. The van der Waals surface area contributed by atoms with E-state index in [2.05, 4.69) is 27.8 Å². The molecule has 0 spiro atoms. The first-order valence-electron chi connectivity index (χ1n) is 5.79. The van der Waals surface area contributed by atoms with Crippen molar-refractivity contribution in [2.45, 2.75) is 13.2 Å². The molecule has 0 saturated heterocycles. The number of hydrogen-bond acceptors (Lipinski definition) is 3. The van der Waals surface area contributed by atoms with Gasteiger partial charge in [-0.15, -0.1) is 11.3 Å². The molecule has 0 amide bonds. The molecule has 0 atom stereocenters. The number of hydrogen-bond donors (Lipinski definition) is 1. The van der Waals surface area contributed by atoms with E-state index >= 15 is 0 Å². The Morgan fingerprint density at radius 3 is 2.79 bits per heavy atom. The predicted octanol–water partition coefficient (Wildman–Crippen LogP) is 3.57. The molecule has 0 aliphatic carbocycles. The minimum Gasteiger partial charge on any atom is -0.384 e. The molecule has 0 aliphatic rings. The van der Waals surface area contributed by atoms with E-state index in [0.29, 0.717) is 13.2 Å². The lowest BCUT2D eigenvalue weighted by Crippen LogP contribution is -1.93. The smallest absolute Gasteiger partial charge is 0.104 e. The average Bonchev–Trinajstić information content (AvgIpc) is 2.86. The second kappa shape index (κ2) is 7.46. The van der Waals surface area contributed by atoms with Gasteiger partial charge in [0.05, 0.1) is 18.1 Å². The third-order valence-corrected chi connectivity index (χ3v) is 4.16. The molecule has 2 nitrogen and oxygen atoms in total. The average molecular weight is 337 g/mol. The van der Waals surface area contributed by atoms with E-state index in [1.54, 1.807) is 11.3 Å². The third-order valence-electron chi connectivity index (χ3n) is 2.41. The molecule has 0 unspecified atom stereocenters. The molecule has 2 aromatic rings. The van der Waals surface area contributed by atoms with Crippen molar-refractivity contribution in [2.75, 3.05) is 6.61 Å². The summed E-state index contributed by atoms with van der Waals surface area (Å²) in [6, 6.07) is 12.0. The molecule has 1 heterocycles. The minimum atomic E-state index is -0.105. The maximum Gasteiger partial charge on any atom is 0.104 e. The predicted molar refractivity (Wildman–Crippen MR) is 80.9 cm³/mol. The Kier molecular flexibility index (Phi) is 5.62. The SMILES string of the molecule is OCC#Cc1ccc(COCc2ccccc2Br)s1. The summed E-state index contributed by atoms with van der Waals surface area (Å²) in [5.41, 5.74) is 1.14. The summed E-state index contributed by atoms with van der Waals surface area (Å²) in [6.45, 7) is 1.05. The van der Waals surface area contributed by atoms with Crippen molar-refractivity contribution >= 4 is 27.3 Å². The highest BCUT2D eigenvalue weighted by Gasteiger charge is 2.01. The monoisotopic (exact) mass is 336 g/mol. The summed E-state index contributed by atoms with van der Waals surface area (Å²) in [4.78, 5) is 2.09. The second-order valence-corrected chi connectivity index (χ2v) is 5.83. The first-order valence-corrected chi connectivity index (χ1v) is 7.40. The molecule has 1 aromatic heterocycles. The number of benzene rings is 1. The molecule has 0 saturated carbocycles. The van der Waals surface area contributed by atoms with Crippen molar-refractivity contribution in [3.05, 3.63) is 56.2 Å². The summed E-state index contributed by atoms with van der Waals surface area (Å²) >= 11 is 5.09. The number of ether oxygens (including phenoxy) is 1. The fraction of sp³-hybridized carbons (Fsp3) is 0.200. The Morgan fingerprint density at radius 1 is 1.16 bits per heavy atom. The fourth-order valence-electron chi connectivity index (χ4n) is 1.53. The zero-order valence-electron chi connectivity index (χ0n) is 10.2. The Hall–Kier alpha value is -1.12. The molecule has 1 aromatic carbocycles. The van der Waals surface area contributed by atoms with Gasteiger partial charge in [-0.05, 0) is 23.8 Å². The largest absolute Gasteiger partial charge is 0.384 e. The normalized spacial score (nSPS) is 10.0. The maximum atomic E-state index is 8.63. The van der Waals surface area contributed by atoms with Gasteiger partial charge in [-0.25, -0.2) is 0 Å². The molecular formula is C15H13BrO2S. The van der Waals surface area contributed by atoms with Crippen molar-refractivity contribution in [1.29, 1.82) is 0 Å². The highest BCUT2D eigenvalue weighted by atomic mass is 79.9. The van der Waals surface area contributed by atoms with E-state index in [9.17, 15) is 0 Å². The molecule has 4 heteroatoms. The van der Waals surface area contributed by atoms with Crippen LogP contribution in [0.1, 0.15) is 15.3 Å². The van der Waals surface area contributed by atoms with Gasteiger partial charge in [-0.3, -0.25) is 0 Å². The topological polar surface area (TPSA) is 29.5 Å². The van der Waals surface area contributed by atoms with Crippen LogP contribution in [0.5, 0.6) is 0 Å². The summed E-state index contributed by atoms with van der Waals surface area (Å²) < 4.78 is 6.75. The lowest BCUT2D eigenvalue weighted by atomic mass is 10.2. The van der Waals surface area contributed by atoms with Gasteiger partial charge in [-0.2, -0.15) is 0 Å². The van der Waals surface area contributed by atoms with Gasteiger partial charge in [0.15, 0.2) is 0 Å². The molecule has 1 N–H and O–H groups in total. The number of halogens is 1. The summed E-state index contributed by atoms with van der Waals surface area (Å²) in [5.74, 6) is 5.52. The van der Waals surface area contributed by atoms with Gasteiger partial charge in [0.25, 0.3) is 0 Å². The third kappa shape index (κ3) is 4.48.